The summed E-state index contributed by atoms with van der Waals surface area (Å²) in [5.74, 6) is 0.433. The Morgan fingerprint density at radius 3 is 2.26 bits per heavy atom. The van der Waals surface area contributed by atoms with Gasteiger partial charge in [0.15, 0.2) is 6.61 Å². The summed E-state index contributed by atoms with van der Waals surface area (Å²) in [6.45, 7) is 11.6. The molecule has 0 aromatic heterocycles. The third-order valence-corrected chi connectivity index (χ3v) is 5.22. The second-order valence-corrected chi connectivity index (χ2v) is 9.42. The van der Waals surface area contributed by atoms with E-state index in [2.05, 4.69) is 19.2 Å². The lowest BCUT2D eigenvalue weighted by Crippen LogP contribution is -2.53. The van der Waals surface area contributed by atoms with Crippen LogP contribution in [0.15, 0.2) is 48.5 Å². The van der Waals surface area contributed by atoms with Crippen LogP contribution in [0.1, 0.15) is 58.6 Å². The van der Waals surface area contributed by atoms with Crippen molar-refractivity contribution in [1.82, 2.24) is 10.2 Å². The molecule has 1 N–H and O–H groups in total. The Morgan fingerprint density at radius 2 is 1.65 bits per heavy atom. The standard InChI is InChI=1S/C25H33ClN2O3/c1-17(2)20-12-8-10-14-22(20)31-16-23(29)28(15-19-11-7-9-13-21(19)26)18(3)24(30)27-25(4,5)6/h7-14,17-18H,15-16H2,1-6H3,(H,27,30)/t18-/m0/s1. The maximum Gasteiger partial charge on any atom is 0.261 e. The number of hydrogen-bond acceptors (Lipinski definition) is 3. The van der Waals surface area contributed by atoms with Gasteiger partial charge >= 0.3 is 0 Å². The van der Waals surface area contributed by atoms with Gasteiger partial charge in [-0.3, -0.25) is 9.59 Å². The molecule has 1 atom stereocenters. The Kier molecular flexibility index (Phi) is 8.52. The molecule has 168 valence electrons. The average Bonchev–Trinajstić information content (AvgIpc) is 2.69. The van der Waals surface area contributed by atoms with Crippen LogP contribution >= 0.6 is 11.6 Å². The Hall–Kier alpha value is -2.53. The molecular weight excluding hydrogens is 412 g/mol. The van der Waals surface area contributed by atoms with Crippen molar-refractivity contribution in [2.75, 3.05) is 6.61 Å². The molecule has 2 rings (SSSR count). The highest BCUT2D eigenvalue weighted by atomic mass is 35.5. The predicted molar refractivity (Wildman–Crippen MR) is 125 cm³/mol. The van der Waals surface area contributed by atoms with Gasteiger partial charge in [0.2, 0.25) is 5.91 Å². The number of hydrogen-bond donors (Lipinski definition) is 1. The van der Waals surface area contributed by atoms with Crippen molar-refractivity contribution in [1.29, 1.82) is 0 Å². The molecule has 0 unspecified atom stereocenters. The third kappa shape index (κ3) is 7.28. The highest BCUT2D eigenvalue weighted by molar-refractivity contribution is 6.31. The number of carbonyl (C=O) groups excluding carboxylic acids is 2. The van der Waals surface area contributed by atoms with E-state index in [-0.39, 0.29) is 30.9 Å². The maximum atomic E-state index is 13.2. The fraction of sp³-hybridized carbons (Fsp3) is 0.440. The lowest BCUT2D eigenvalue weighted by molar-refractivity contribution is -0.142. The van der Waals surface area contributed by atoms with Crippen LogP contribution < -0.4 is 10.1 Å². The van der Waals surface area contributed by atoms with E-state index in [1.807, 2.05) is 63.2 Å². The van der Waals surface area contributed by atoms with Gasteiger partial charge in [-0.1, -0.05) is 61.8 Å². The predicted octanol–water partition coefficient (Wildman–Crippen LogP) is 5.17. The van der Waals surface area contributed by atoms with Crippen LogP contribution in [0.4, 0.5) is 0 Å². The van der Waals surface area contributed by atoms with E-state index >= 15 is 0 Å². The molecule has 0 saturated heterocycles. The second kappa shape index (κ2) is 10.7. The van der Waals surface area contributed by atoms with Crippen LogP contribution in [-0.2, 0) is 16.1 Å². The Bertz CT molecular complexity index is 906. The number of amides is 2. The van der Waals surface area contributed by atoms with Crippen molar-refractivity contribution in [3.05, 3.63) is 64.7 Å². The highest BCUT2D eigenvalue weighted by Crippen LogP contribution is 2.26. The van der Waals surface area contributed by atoms with Gasteiger partial charge in [-0.25, -0.2) is 0 Å². The number of nitrogens with one attached hydrogen (secondary N) is 1. The van der Waals surface area contributed by atoms with Gasteiger partial charge in [-0.15, -0.1) is 0 Å². The minimum absolute atomic E-state index is 0.165. The van der Waals surface area contributed by atoms with E-state index in [0.29, 0.717) is 10.8 Å². The lowest BCUT2D eigenvalue weighted by atomic mass is 10.0. The number of nitrogens with zero attached hydrogens (tertiary/aromatic N) is 1. The van der Waals surface area contributed by atoms with E-state index in [1.54, 1.807) is 13.0 Å². The van der Waals surface area contributed by atoms with Crippen LogP contribution in [0.2, 0.25) is 5.02 Å². The first kappa shape index (κ1) is 24.7. The lowest BCUT2D eigenvalue weighted by Gasteiger charge is -2.31. The maximum absolute atomic E-state index is 13.2. The van der Waals surface area contributed by atoms with Crippen LogP contribution in [0.25, 0.3) is 0 Å². The number of ether oxygens (including phenoxy) is 1. The summed E-state index contributed by atoms with van der Waals surface area (Å²) < 4.78 is 5.88. The molecule has 6 heteroatoms. The molecule has 2 aromatic rings. The number of para-hydroxylation sites is 1. The topological polar surface area (TPSA) is 58.6 Å². The second-order valence-electron chi connectivity index (χ2n) is 9.01. The molecule has 2 amide bonds. The Balaban J connectivity index is 2.23. The zero-order valence-corrected chi connectivity index (χ0v) is 20.0. The molecule has 0 spiro atoms. The minimum atomic E-state index is -0.688. The van der Waals surface area contributed by atoms with Gasteiger partial charge in [-0.2, -0.15) is 0 Å². The number of carbonyl (C=O) groups is 2. The average molecular weight is 445 g/mol. The van der Waals surface area contributed by atoms with Gasteiger partial charge < -0.3 is 15.0 Å². The molecule has 0 saturated carbocycles. The van der Waals surface area contributed by atoms with Crippen LogP contribution in [0, 0.1) is 0 Å². The van der Waals surface area contributed by atoms with E-state index in [1.165, 1.54) is 4.90 Å². The number of benzene rings is 2. The van der Waals surface area contributed by atoms with Crippen molar-refractivity contribution in [3.8, 4) is 5.75 Å². The van der Waals surface area contributed by atoms with Crippen molar-refractivity contribution in [2.24, 2.45) is 0 Å². The molecule has 0 bridgehead atoms. The van der Waals surface area contributed by atoms with Gasteiger partial charge in [0, 0.05) is 17.1 Å². The minimum Gasteiger partial charge on any atom is -0.483 e. The van der Waals surface area contributed by atoms with Crippen LogP contribution in [-0.4, -0.2) is 34.9 Å². The van der Waals surface area contributed by atoms with E-state index in [4.69, 9.17) is 16.3 Å². The summed E-state index contributed by atoms with van der Waals surface area (Å²) in [4.78, 5) is 27.5. The van der Waals surface area contributed by atoms with Crippen LogP contribution in [0.5, 0.6) is 5.75 Å². The normalized spacial score (nSPS) is 12.4. The van der Waals surface area contributed by atoms with E-state index in [0.717, 1.165) is 11.1 Å². The molecule has 2 aromatic carbocycles. The number of halogens is 1. The molecule has 31 heavy (non-hydrogen) atoms. The molecule has 0 fully saturated rings. The highest BCUT2D eigenvalue weighted by Gasteiger charge is 2.29. The smallest absolute Gasteiger partial charge is 0.261 e. The Morgan fingerprint density at radius 1 is 1.03 bits per heavy atom. The van der Waals surface area contributed by atoms with Crippen molar-refractivity contribution in [2.45, 2.75) is 65.6 Å². The summed E-state index contributed by atoms with van der Waals surface area (Å²) in [6.07, 6.45) is 0. The molecule has 0 heterocycles. The molecule has 0 aliphatic rings. The monoisotopic (exact) mass is 444 g/mol. The quantitative estimate of drug-likeness (QED) is 0.610. The first-order valence-corrected chi connectivity index (χ1v) is 10.9. The first-order chi connectivity index (χ1) is 14.5. The fourth-order valence-electron chi connectivity index (χ4n) is 3.18. The van der Waals surface area contributed by atoms with Gasteiger partial charge in [0.25, 0.3) is 5.91 Å². The zero-order chi connectivity index (χ0) is 23.2. The van der Waals surface area contributed by atoms with Gasteiger partial charge in [0.1, 0.15) is 11.8 Å². The molecule has 0 aliphatic heterocycles. The van der Waals surface area contributed by atoms with E-state index in [9.17, 15) is 9.59 Å². The molecular formula is C25H33ClN2O3. The first-order valence-electron chi connectivity index (χ1n) is 10.6. The van der Waals surface area contributed by atoms with Gasteiger partial charge in [0.05, 0.1) is 0 Å². The number of rotatable bonds is 8. The summed E-state index contributed by atoms with van der Waals surface area (Å²) >= 11 is 6.32. The van der Waals surface area contributed by atoms with Crippen LogP contribution in [0.3, 0.4) is 0 Å². The fourth-order valence-corrected chi connectivity index (χ4v) is 3.37. The summed E-state index contributed by atoms with van der Waals surface area (Å²) in [5.41, 5.74) is 1.40. The third-order valence-electron chi connectivity index (χ3n) is 4.86. The van der Waals surface area contributed by atoms with Gasteiger partial charge in [-0.05, 0) is 56.9 Å². The zero-order valence-electron chi connectivity index (χ0n) is 19.2. The van der Waals surface area contributed by atoms with Crippen molar-refractivity contribution in [3.63, 3.8) is 0 Å². The molecule has 5 nitrogen and oxygen atoms in total. The Labute approximate surface area is 190 Å². The summed E-state index contributed by atoms with van der Waals surface area (Å²) in [7, 11) is 0. The molecule has 0 aliphatic carbocycles. The molecule has 0 radical (unpaired) electrons. The largest absolute Gasteiger partial charge is 0.483 e. The summed E-state index contributed by atoms with van der Waals surface area (Å²) in [6, 6.07) is 14.3. The summed E-state index contributed by atoms with van der Waals surface area (Å²) in [5, 5.41) is 3.50. The van der Waals surface area contributed by atoms with E-state index < -0.39 is 11.6 Å². The SMILES string of the molecule is CC(C)c1ccccc1OCC(=O)N(Cc1ccccc1Cl)[C@@H](C)C(=O)NC(C)(C)C. The van der Waals surface area contributed by atoms with Crippen molar-refractivity contribution < 1.29 is 14.3 Å². The van der Waals surface area contributed by atoms with Crippen molar-refractivity contribution >= 4 is 23.4 Å².